The number of rotatable bonds is 5. The molecule has 0 saturated carbocycles. The van der Waals surface area contributed by atoms with E-state index in [9.17, 15) is 9.59 Å². The first-order valence-electron chi connectivity index (χ1n) is 8.06. The molecule has 1 aromatic carbocycles. The molecule has 0 aromatic heterocycles. The second-order valence-corrected chi connectivity index (χ2v) is 5.69. The van der Waals surface area contributed by atoms with E-state index in [-0.39, 0.29) is 11.8 Å². The molecule has 1 aliphatic heterocycles. The van der Waals surface area contributed by atoms with Gasteiger partial charge in [0, 0.05) is 30.9 Å². The fraction of sp³-hybridized carbons (Fsp3) is 0.444. The van der Waals surface area contributed by atoms with Crippen LogP contribution in [0.4, 0.5) is 5.69 Å². The summed E-state index contributed by atoms with van der Waals surface area (Å²) < 4.78 is 5.19. The molecule has 1 aliphatic rings. The summed E-state index contributed by atoms with van der Waals surface area (Å²) in [7, 11) is 0. The molecule has 0 spiro atoms. The van der Waals surface area contributed by atoms with Crippen LogP contribution in [-0.4, -0.2) is 43.0 Å². The van der Waals surface area contributed by atoms with Gasteiger partial charge in [0.1, 0.15) is 0 Å². The monoisotopic (exact) mass is 316 g/mol. The van der Waals surface area contributed by atoms with Gasteiger partial charge in [-0.25, -0.2) is 0 Å². The first-order valence-corrected chi connectivity index (χ1v) is 8.06. The molecule has 124 valence electrons. The highest BCUT2D eigenvalue weighted by Crippen LogP contribution is 2.20. The fourth-order valence-corrected chi connectivity index (χ4v) is 2.35. The van der Waals surface area contributed by atoms with Gasteiger partial charge in [0.2, 0.25) is 11.8 Å². The summed E-state index contributed by atoms with van der Waals surface area (Å²) in [5.74, 6) is 0.0456. The molecule has 2 rings (SSSR count). The Morgan fingerprint density at radius 2 is 1.87 bits per heavy atom. The minimum atomic E-state index is -0.303. The number of carbonyl (C=O) groups excluding carboxylic acids is 2. The van der Waals surface area contributed by atoms with Crippen molar-refractivity contribution in [1.29, 1.82) is 0 Å². The molecule has 1 unspecified atom stereocenters. The molecule has 0 aliphatic carbocycles. The van der Waals surface area contributed by atoms with Crippen molar-refractivity contribution in [2.24, 2.45) is 0 Å². The van der Waals surface area contributed by atoms with E-state index in [1.54, 1.807) is 4.90 Å². The Hall–Kier alpha value is -2.14. The molecule has 5 nitrogen and oxygen atoms in total. The lowest BCUT2D eigenvalue weighted by Crippen LogP contribution is -2.39. The summed E-state index contributed by atoms with van der Waals surface area (Å²) >= 11 is 0. The minimum Gasteiger partial charge on any atom is -0.378 e. The van der Waals surface area contributed by atoms with E-state index < -0.39 is 0 Å². The molecule has 0 radical (unpaired) electrons. The normalized spacial score (nSPS) is 16.3. The molecule has 1 atom stereocenters. The predicted octanol–water partition coefficient (Wildman–Crippen LogP) is 2.55. The van der Waals surface area contributed by atoms with Gasteiger partial charge in [-0.15, -0.1) is 0 Å². The third-order valence-electron chi connectivity index (χ3n) is 4.06. The molecule has 1 N–H and O–H groups in total. The van der Waals surface area contributed by atoms with Crippen LogP contribution in [0.1, 0.15) is 31.7 Å². The Morgan fingerprint density at radius 3 is 2.48 bits per heavy atom. The first-order chi connectivity index (χ1) is 11.1. The highest BCUT2D eigenvalue weighted by molar-refractivity contribution is 6.03. The largest absolute Gasteiger partial charge is 0.378 e. The zero-order chi connectivity index (χ0) is 16.7. The topological polar surface area (TPSA) is 58.6 Å². The van der Waals surface area contributed by atoms with Gasteiger partial charge in [0.15, 0.2) is 0 Å². The second kappa shape index (κ2) is 8.48. The van der Waals surface area contributed by atoms with Gasteiger partial charge >= 0.3 is 0 Å². The lowest BCUT2D eigenvalue weighted by molar-refractivity contribution is -0.130. The van der Waals surface area contributed by atoms with Crippen molar-refractivity contribution in [3.8, 4) is 0 Å². The van der Waals surface area contributed by atoms with E-state index in [2.05, 4.69) is 19.2 Å². The van der Waals surface area contributed by atoms with Crippen molar-refractivity contribution in [2.45, 2.75) is 26.2 Å². The van der Waals surface area contributed by atoms with Crippen LogP contribution in [0.15, 0.2) is 36.4 Å². The van der Waals surface area contributed by atoms with Crippen LogP contribution in [0.5, 0.6) is 0 Å². The van der Waals surface area contributed by atoms with Crippen LogP contribution in [-0.2, 0) is 14.3 Å². The number of nitrogens with zero attached hydrogens (tertiary/aromatic N) is 1. The number of ether oxygens (including phenoxy) is 1. The molecule has 2 amide bonds. The van der Waals surface area contributed by atoms with E-state index in [0.717, 1.165) is 12.1 Å². The lowest BCUT2D eigenvalue weighted by Gasteiger charge is -2.25. The van der Waals surface area contributed by atoms with Gasteiger partial charge in [-0.05, 0) is 30.0 Å². The Morgan fingerprint density at radius 1 is 1.22 bits per heavy atom. The fourth-order valence-electron chi connectivity index (χ4n) is 2.35. The quantitative estimate of drug-likeness (QED) is 0.849. The average Bonchev–Trinajstić information content (AvgIpc) is 2.60. The predicted molar refractivity (Wildman–Crippen MR) is 90.3 cm³/mol. The zero-order valence-corrected chi connectivity index (χ0v) is 13.7. The summed E-state index contributed by atoms with van der Waals surface area (Å²) in [5, 5.41) is 2.76. The van der Waals surface area contributed by atoms with Crippen LogP contribution in [0.2, 0.25) is 0 Å². The zero-order valence-electron chi connectivity index (χ0n) is 13.7. The SMILES string of the molecule is CCC(C)c1ccc(NC(=O)/C=C/C(=O)N2CCOCC2)cc1. The van der Waals surface area contributed by atoms with E-state index in [1.807, 2.05) is 24.3 Å². The van der Waals surface area contributed by atoms with Crippen LogP contribution in [0.25, 0.3) is 0 Å². The summed E-state index contributed by atoms with van der Waals surface area (Å²) in [6.07, 6.45) is 3.67. The number of amides is 2. The standard InChI is InChI=1S/C18H24N2O3/c1-3-14(2)15-4-6-16(7-5-15)19-17(21)8-9-18(22)20-10-12-23-13-11-20/h4-9,14H,3,10-13H2,1-2H3,(H,19,21)/b9-8+. The first kappa shape index (κ1) is 17.2. The maximum Gasteiger partial charge on any atom is 0.248 e. The molecule has 0 bridgehead atoms. The number of carbonyl (C=O) groups is 2. The van der Waals surface area contributed by atoms with Crippen LogP contribution in [0.3, 0.4) is 0 Å². The average molecular weight is 316 g/mol. The van der Waals surface area contributed by atoms with E-state index in [0.29, 0.717) is 32.2 Å². The number of nitrogens with one attached hydrogen (secondary N) is 1. The van der Waals surface area contributed by atoms with Crippen molar-refractivity contribution in [3.63, 3.8) is 0 Å². The van der Waals surface area contributed by atoms with Gasteiger partial charge in [-0.2, -0.15) is 0 Å². The van der Waals surface area contributed by atoms with Crippen molar-refractivity contribution >= 4 is 17.5 Å². The smallest absolute Gasteiger partial charge is 0.248 e. The van der Waals surface area contributed by atoms with Gasteiger partial charge < -0.3 is 15.0 Å². The van der Waals surface area contributed by atoms with E-state index in [4.69, 9.17) is 4.74 Å². The number of benzene rings is 1. The van der Waals surface area contributed by atoms with Gasteiger partial charge in [-0.3, -0.25) is 9.59 Å². The second-order valence-electron chi connectivity index (χ2n) is 5.69. The molecule has 5 heteroatoms. The van der Waals surface area contributed by atoms with Gasteiger partial charge in [0.05, 0.1) is 13.2 Å². The van der Waals surface area contributed by atoms with Crippen molar-refractivity contribution < 1.29 is 14.3 Å². The maximum absolute atomic E-state index is 11.9. The highest BCUT2D eigenvalue weighted by atomic mass is 16.5. The van der Waals surface area contributed by atoms with Crippen LogP contribution in [0, 0.1) is 0 Å². The Kier molecular flexibility index (Phi) is 6.35. The molecule has 1 heterocycles. The Labute approximate surface area is 137 Å². The van der Waals surface area contributed by atoms with Crippen LogP contribution >= 0.6 is 0 Å². The third-order valence-corrected chi connectivity index (χ3v) is 4.06. The third kappa shape index (κ3) is 5.21. The molecular weight excluding hydrogens is 292 g/mol. The Balaban J connectivity index is 1.86. The van der Waals surface area contributed by atoms with Gasteiger partial charge in [-0.1, -0.05) is 26.0 Å². The molecule has 1 saturated heterocycles. The van der Waals surface area contributed by atoms with Crippen molar-refractivity contribution in [1.82, 2.24) is 4.90 Å². The summed E-state index contributed by atoms with van der Waals surface area (Å²) in [5.41, 5.74) is 1.98. The number of anilines is 1. The van der Waals surface area contributed by atoms with E-state index in [1.165, 1.54) is 17.7 Å². The Bertz CT molecular complexity index is 560. The number of hydrogen-bond donors (Lipinski definition) is 1. The molecule has 1 fully saturated rings. The summed E-state index contributed by atoms with van der Waals surface area (Å²) in [6.45, 7) is 6.57. The maximum atomic E-state index is 11.9. The molecule has 1 aromatic rings. The summed E-state index contributed by atoms with van der Waals surface area (Å²) in [6, 6.07) is 7.81. The summed E-state index contributed by atoms with van der Waals surface area (Å²) in [4.78, 5) is 25.5. The highest BCUT2D eigenvalue weighted by Gasteiger charge is 2.14. The van der Waals surface area contributed by atoms with Gasteiger partial charge in [0.25, 0.3) is 0 Å². The minimum absolute atomic E-state index is 0.157. The van der Waals surface area contributed by atoms with E-state index >= 15 is 0 Å². The molecule has 23 heavy (non-hydrogen) atoms. The van der Waals surface area contributed by atoms with Crippen molar-refractivity contribution in [3.05, 3.63) is 42.0 Å². The number of morpholine rings is 1. The van der Waals surface area contributed by atoms with Crippen LogP contribution < -0.4 is 5.32 Å². The lowest BCUT2D eigenvalue weighted by atomic mass is 9.99. The number of hydrogen-bond acceptors (Lipinski definition) is 3. The van der Waals surface area contributed by atoms with Crippen molar-refractivity contribution in [2.75, 3.05) is 31.6 Å². The molecular formula is C18H24N2O3.